The Labute approximate surface area is 108 Å². The summed E-state index contributed by atoms with van der Waals surface area (Å²) < 4.78 is 12.7. The molecule has 0 saturated carbocycles. The van der Waals surface area contributed by atoms with Crippen molar-refractivity contribution in [3.63, 3.8) is 0 Å². The van der Waals surface area contributed by atoms with Gasteiger partial charge in [-0.15, -0.1) is 0 Å². The van der Waals surface area contributed by atoms with E-state index < -0.39 is 11.9 Å². The molecule has 1 aromatic carbocycles. The van der Waals surface area contributed by atoms with Crippen molar-refractivity contribution >= 4 is 23.2 Å². The average molecular weight is 271 g/mol. The normalized spacial score (nSPS) is 12.5. The quantitative estimate of drug-likeness (QED) is 0.906. The summed E-state index contributed by atoms with van der Waals surface area (Å²) in [6, 6.07) is 7.53. The van der Waals surface area contributed by atoms with E-state index in [4.69, 9.17) is 28.9 Å². The van der Waals surface area contributed by atoms with E-state index in [1.54, 1.807) is 24.3 Å². The highest BCUT2D eigenvalue weighted by Crippen LogP contribution is 2.26. The number of aromatic nitrogens is 1. The van der Waals surface area contributed by atoms with Crippen LogP contribution >= 0.6 is 23.2 Å². The van der Waals surface area contributed by atoms with Crippen LogP contribution in [0.3, 0.4) is 0 Å². The maximum Gasteiger partial charge on any atom is 0.141 e. The molecular weight excluding hydrogens is 262 g/mol. The first-order valence-electron chi connectivity index (χ1n) is 4.90. The van der Waals surface area contributed by atoms with E-state index in [9.17, 15) is 4.39 Å². The minimum atomic E-state index is -0.453. The van der Waals surface area contributed by atoms with Crippen LogP contribution in [0, 0.1) is 5.82 Å². The predicted octanol–water partition coefficient (Wildman–Crippen LogP) is 3.58. The summed E-state index contributed by atoms with van der Waals surface area (Å²) in [5.41, 5.74) is 7.35. The maximum absolute atomic E-state index is 12.7. The first-order chi connectivity index (χ1) is 8.08. The topological polar surface area (TPSA) is 38.9 Å². The van der Waals surface area contributed by atoms with Gasteiger partial charge in [0, 0.05) is 0 Å². The molecule has 1 atom stereocenters. The van der Waals surface area contributed by atoms with Crippen molar-refractivity contribution in [1.29, 1.82) is 0 Å². The highest BCUT2D eigenvalue weighted by molar-refractivity contribution is 6.42. The van der Waals surface area contributed by atoms with Crippen LogP contribution in [0.25, 0.3) is 0 Å². The van der Waals surface area contributed by atoms with Gasteiger partial charge in [-0.25, -0.2) is 4.39 Å². The Balaban J connectivity index is 2.33. The fraction of sp³-hybridized carbons (Fsp3) is 0.0833. The molecule has 0 radical (unpaired) electrons. The molecule has 0 saturated heterocycles. The number of nitrogens with two attached hydrogens (primary N) is 1. The summed E-state index contributed by atoms with van der Waals surface area (Å²) in [4.78, 5) is 3.93. The predicted molar refractivity (Wildman–Crippen MR) is 66.7 cm³/mol. The smallest absolute Gasteiger partial charge is 0.141 e. The number of benzene rings is 1. The van der Waals surface area contributed by atoms with Gasteiger partial charge in [0.1, 0.15) is 5.82 Å². The summed E-state index contributed by atoms with van der Waals surface area (Å²) in [6.45, 7) is 0. The summed E-state index contributed by atoms with van der Waals surface area (Å²) in [6.07, 6.45) is 1.13. The van der Waals surface area contributed by atoms with E-state index in [0.29, 0.717) is 15.7 Å². The van der Waals surface area contributed by atoms with Gasteiger partial charge in [0.05, 0.1) is 28.0 Å². The molecule has 2 nitrogen and oxygen atoms in total. The second-order valence-corrected chi connectivity index (χ2v) is 4.37. The first-order valence-corrected chi connectivity index (χ1v) is 5.65. The van der Waals surface area contributed by atoms with Gasteiger partial charge in [-0.2, -0.15) is 0 Å². The van der Waals surface area contributed by atoms with Gasteiger partial charge in [0.25, 0.3) is 0 Å². The van der Waals surface area contributed by atoms with Gasteiger partial charge in [-0.3, -0.25) is 4.98 Å². The standard InChI is InChI=1S/C12H9Cl2FN2/c13-9-3-1-7(5-10(9)14)12(16)11-4-2-8(15)6-17-11/h1-6,12H,16H2. The molecule has 2 N–H and O–H groups in total. The number of hydrogen-bond donors (Lipinski definition) is 1. The molecule has 1 unspecified atom stereocenters. The first kappa shape index (κ1) is 12.3. The van der Waals surface area contributed by atoms with Gasteiger partial charge in [0.15, 0.2) is 0 Å². The SMILES string of the molecule is NC(c1ccc(Cl)c(Cl)c1)c1ccc(F)cn1. The van der Waals surface area contributed by atoms with Crippen LogP contribution in [0.4, 0.5) is 4.39 Å². The van der Waals surface area contributed by atoms with Crippen molar-refractivity contribution in [2.75, 3.05) is 0 Å². The van der Waals surface area contributed by atoms with Crippen LogP contribution in [0.2, 0.25) is 10.0 Å². The van der Waals surface area contributed by atoms with E-state index in [2.05, 4.69) is 4.98 Å². The van der Waals surface area contributed by atoms with Crippen LogP contribution in [-0.2, 0) is 0 Å². The molecule has 0 aliphatic rings. The second kappa shape index (κ2) is 5.00. The van der Waals surface area contributed by atoms with Crippen LogP contribution in [0.15, 0.2) is 36.5 Å². The zero-order chi connectivity index (χ0) is 12.4. The number of hydrogen-bond acceptors (Lipinski definition) is 2. The van der Waals surface area contributed by atoms with E-state index in [1.807, 2.05) is 0 Å². The molecule has 0 fully saturated rings. The lowest BCUT2D eigenvalue weighted by molar-refractivity contribution is 0.617. The van der Waals surface area contributed by atoms with Crippen molar-refractivity contribution < 1.29 is 4.39 Å². The fourth-order valence-corrected chi connectivity index (χ4v) is 1.75. The fourth-order valence-electron chi connectivity index (χ4n) is 1.45. The second-order valence-electron chi connectivity index (χ2n) is 3.55. The molecule has 2 aromatic rings. The number of nitrogens with zero attached hydrogens (tertiary/aromatic N) is 1. The third-order valence-electron chi connectivity index (χ3n) is 2.37. The Morgan fingerprint density at radius 3 is 2.47 bits per heavy atom. The van der Waals surface area contributed by atoms with Gasteiger partial charge < -0.3 is 5.73 Å². The molecule has 0 bridgehead atoms. The largest absolute Gasteiger partial charge is 0.319 e. The molecule has 0 aliphatic heterocycles. The van der Waals surface area contributed by atoms with Gasteiger partial charge in [0.2, 0.25) is 0 Å². The summed E-state index contributed by atoms with van der Waals surface area (Å²) in [7, 11) is 0. The van der Waals surface area contributed by atoms with Crippen LogP contribution < -0.4 is 5.73 Å². The van der Waals surface area contributed by atoms with E-state index >= 15 is 0 Å². The van der Waals surface area contributed by atoms with Crippen molar-refractivity contribution in [3.8, 4) is 0 Å². The van der Waals surface area contributed by atoms with E-state index in [0.717, 1.165) is 11.8 Å². The Hall–Kier alpha value is -1.16. The molecule has 1 aromatic heterocycles. The van der Waals surface area contributed by atoms with Gasteiger partial charge in [-0.05, 0) is 29.8 Å². The zero-order valence-corrected chi connectivity index (χ0v) is 10.2. The highest BCUT2D eigenvalue weighted by atomic mass is 35.5. The molecule has 0 spiro atoms. The Bertz CT molecular complexity index is 529. The highest BCUT2D eigenvalue weighted by Gasteiger charge is 2.11. The molecule has 2 rings (SSSR count). The third-order valence-corrected chi connectivity index (χ3v) is 3.11. The Kier molecular flexibility index (Phi) is 3.62. The number of pyridine rings is 1. The summed E-state index contributed by atoms with van der Waals surface area (Å²) in [5, 5.41) is 0.899. The van der Waals surface area contributed by atoms with Crippen LogP contribution in [0.1, 0.15) is 17.3 Å². The Morgan fingerprint density at radius 2 is 1.88 bits per heavy atom. The Morgan fingerprint density at radius 1 is 1.12 bits per heavy atom. The zero-order valence-electron chi connectivity index (χ0n) is 8.70. The van der Waals surface area contributed by atoms with Crippen molar-refractivity contribution in [2.45, 2.75) is 6.04 Å². The van der Waals surface area contributed by atoms with Crippen LogP contribution in [-0.4, -0.2) is 4.98 Å². The van der Waals surface area contributed by atoms with Gasteiger partial charge >= 0.3 is 0 Å². The van der Waals surface area contributed by atoms with Crippen molar-refractivity contribution in [1.82, 2.24) is 4.98 Å². The average Bonchev–Trinajstić information content (AvgIpc) is 2.33. The lowest BCUT2D eigenvalue weighted by Crippen LogP contribution is -2.13. The van der Waals surface area contributed by atoms with Crippen LogP contribution in [0.5, 0.6) is 0 Å². The molecule has 0 aliphatic carbocycles. The lowest BCUT2D eigenvalue weighted by atomic mass is 10.0. The number of rotatable bonds is 2. The molecule has 17 heavy (non-hydrogen) atoms. The van der Waals surface area contributed by atoms with E-state index in [1.165, 1.54) is 6.07 Å². The summed E-state index contributed by atoms with van der Waals surface area (Å²) in [5.74, 6) is -0.393. The third kappa shape index (κ3) is 2.75. The van der Waals surface area contributed by atoms with Crippen molar-refractivity contribution in [2.24, 2.45) is 5.73 Å². The minimum Gasteiger partial charge on any atom is -0.319 e. The molecule has 0 amide bonds. The van der Waals surface area contributed by atoms with E-state index in [-0.39, 0.29) is 0 Å². The van der Waals surface area contributed by atoms with Gasteiger partial charge in [-0.1, -0.05) is 29.3 Å². The molecule has 5 heteroatoms. The maximum atomic E-state index is 12.7. The molecular formula is C12H9Cl2FN2. The molecule has 88 valence electrons. The lowest BCUT2D eigenvalue weighted by Gasteiger charge is -2.12. The van der Waals surface area contributed by atoms with Crippen molar-refractivity contribution in [3.05, 3.63) is 63.6 Å². The minimum absolute atomic E-state index is 0.393. The monoisotopic (exact) mass is 270 g/mol. The number of halogens is 3. The molecule has 1 heterocycles. The summed E-state index contributed by atoms with van der Waals surface area (Å²) >= 11 is 11.7.